The van der Waals surface area contributed by atoms with Crippen LogP contribution in [0, 0.1) is 37.3 Å². The number of hydrogen-bond acceptors (Lipinski definition) is 7. The maximum absolute atomic E-state index is 11.1. The van der Waals surface area contributed by atoms with Gasteiger partial charge in [-0.05, 0) is 19.1 Å². The third kappa shape index (κ3) is 4.71. The quantitative estimate of drug-likeness (QED) is 0.648. The molecule has 3 N–H and O–H groups in total. The van der Waals surface area contributed by atoms with Crippen LogP contribution in [0.1, 0.15) is 5.56 Å². The predicted octanol–water partition coefficient (Wildman–Crippen LogP) is 1.35. The van der Waals surface area contributed by atoms with Crippen molar-refractivity contribution < 1.29 is 25.6 Å². The molecule has 0 saturated carbocycles. The maximum Gasteiger partial charge on any atom is 0.283 e. The van der Waals surface area contributed by atoms with Crippen LogP contribution in [0.4, 0.5) is 22.7 Å². The van der Waals surface area contributed by atoms with E-state index in [4.69, 9.17) is 0 Å². The number of aryl methyl sites for hydroxylation is 1. The van der Waals surface area contributed by atoms with Crippen LogP contribution >= 0.6 is 0 Å². The topological polar surface area (TPSA) is 180 Å². The van der Waals surface area contributed by atoms with Crippen molar-refractivity contribution in [3.8, 4) is 5.75 Å². The van der Waals surface area contributed by atoms with Crippen LogP contribution in [-0.4, -0.2) is 14.8 Å². The summed E-state index contributed by atoms with van der Waals surface area (Å²) in [5.74, 6) is -1.46. The lowest BCUT2D eigenvalue weighted by molar-refractivity contribution is -0.420. The predicted molar refractivity (Wildman–Crippen MR) is 79.6 cm³/mol. The molecule has 0 bridgehead atoms. The average Bonchev–Trinajstić information content (AvgIpc) is 2.50. The van der Waals surface area contributed by atoms with Gasteiger partial charge >= 0.3 is 0 Å². The molecule has 0 spiro atoms. The largest absolute Gasteiger partial charge is 0.863 e. The first-order valence-corrected chi connectivity index (χ1v) is 6.30. The number of benzene rings is 2. The molecular weight excluding hydrogens is 324 g/mol. The second-order valence-corrected chi connectivity index (χ2v) is 4.57. The maximum atomic E-state index is 11.1. The molecular formula is C13H12N4O7. The Morgan fingerprint density at radius 1 is 0.833 bits per heavy atom. The number of nitro benzene ring substituents is 3. The summed E-state index contributed by atoms with van der Waals surface area (Å²) in [7, 11) is 0. The molecule has 0 fully saturated rings. The Labute approximate surface area is 134 Å². The summed E-state index contributed by atoms with van der Waals surface area (Å²) < 4.78 is 0. The Kier molecular flexibility index (Phi) is 5.84. The Bertz CT molecular complexity index is 733. The number of quaternary nitrogens is 1. The van der Waals surface area contributed by atoms with Crippen LogP contribution in [-0.2, 0) is 0 Å². The third-order valence-corrected chi connectivity index (χ3v) is 2.76. The van der Waals surface area contributed by atoms with E-state index in [-0.39, 0.29) is 0 Å². The monoisotopic (exact) mass is 336 g/mol. The SMILES string of the molecule is Cc1ccc([NH3+])cc1.O=[N+]([O-])c1cc([N+](=O)[O-])c([O-])c([N+](=O)[O-])c1. The van der Waals surface area contributed by atoms with E-state index in [1.807, 2.05) is 12.1 Å². The number of nitro groups is 3. The summed E-state index contributed by atoms with van der Waals surface area (Å²) in [6.07, 6.45) is 0. The van der Waals surface area contributed by atoms with Crippen LogP contribution in [0.2, 0.25) is 0 Å². The van der Waals surface area contributed by atoms with Gasteiger partial charge in [-0.15, -0.1) is 0 Å². The van der Waals surface area contributed by atoms with Gasteiger partial charge in [0, 0.05) is 0 Å². The Hall–Kier alpha value is -3.60. The van der Waals surface area contributed by atoms with Gasteiger partial charge in [0.2, 0.25) is 0 Å². The molecule has 0 aliphatic rings. The van der Waals surface area contributed by atoms with E-state index < -0.39 is 37.6 Å². The minimum absolute atomic E-state index is 0.384. The van der Waals surface area contributed by atoms with Gasteiger partial charge in [-0.3, -0.25) is 30.3 Å². The van der Waals surface area contributed by atoms with E-state index in [0.717, 1.165) is 5.69 Å². The summed E-state index contributed by atoms with van der Waals surface area (Å²) >= 11 is 0. The van der Waals surface area contributed by atoms with E-state index in [1.165, 1.54) is 5.56 Å². The number of hydrogen-bond donors (Lipinski definition) is 1. The first kappa shape index (κ1) is 18.4. The van der Waals surface area contributed by atoms with E-state index in [1.54, 1.807) is 0 Å². The molecule has 24 heavy (non-hydrogen) atoms. The minimum Gasteiger partial charge on any atom is -0.863 e. The molecule has 2 rings (SSSR count). The van der Waals surface area contributed by atoms with Crippen molar-refractivity contribution in [2.24, 2.45) is 0 Å². The first-order valence-electron chi connectivity index (χ1n) is 6.30. The zero-order valence-electron chi connectivity index (χ0n) is 12.4. The molecule has 0 unspecified atom stereocenters. The van der Waals surface area contributed by atoms with E-state index in [9.17, 15) is 35.4 Å². The fraction of sp³-hybridized carbons (Fsp3) is 0.0769. The number of non-ortho nitro benzene ring substituents is 1. The zero-order valence-corrected chi connectivity index (χ0v) is 12.4. The van der Waals surface area contributed by atoms with Gasteiger partial charge in [0.15, 0.2) is 0 Å². The van der Waals surface area contributed by atoms with Gasteiger partial charge in [0.05, 0.1) is 32.7 Å². The molecule has 0 aliphatic heterocycles. The van der Waals surface area contributed by atoms with Crippen LogP contribution < -0.4 is 10.8 Å². The highest BCUT2D eigenvalue weighted by Gasteiger charge is 2.24. The van der Waals surface area contributed by atoms with Crippen molar-refractivity contribution in [2.75, 3.05) is 0 Å². The molecule has 2 aromatic rings. The van der Waals surface area contributed by atoms with Crippen LogP contribution in [0.5, 0.6) is 5.75 Å². The Morgan fingerprint density at radius 3 is 1.54 bits per heavy atom. The lowest BCUT2D eigenvalue weighted by Crippen LogP contribution is -2.39. The highest BCUT2D eigenvalue weighted by Crippen LogP contribution is 2.36. The van der Waals surface area contributed by atoms with Gasteiger partial charge in [-0.1, -0.05) is 17.7 Å². The third-order valence-electron chi connectivity index (χ3n) is 2.76. The summed E-state index contributed by atoms with van der Waals surface area (Å²) in [5.41, 5.74) is 2.87. The molecule has 0 radical (unpaired) electrons. The molecule has 2 aromatic carbocycles. The Balaban J connectivity index is 0.000000300. The van der Waals surface area contributed by atoms with Gasteiger partial charge in [0.1, 0.15) is 5.69 Å². The van der Waals surface area contributed by atoms with Gasteiger partial charge in [0.25, 0.3) is 17.1 Å². The zero-order chi connectivity index (χ0) is 18.4. The molecule has 126 valence electrons. The minimum atomic E-state index is -1.46. The summed E-state index contributed by atoms with van der Waals surface area (Å²) in [4.78, 5) is 27.5. The Morgan fingerprint density at radius 2 is 1.25 bits per heavy atom. The summed E-state index contributed by atoms with van der Waals surface area (Å²) in [6.45, 7) is 2.07. The lowest BCUT2D eigenvalue weighted by Gasteiger charge is -2.06. The highest BCUT2D eigenvalue weighted by molar-refractivity contribution is 5.63. The lowest BCUT2D eigenvalue weighted by atomic mass is 10.2. The molecule has 0 atom stereocenters. The fourth-order valence-electron chi connectivity index (χ4n) is 1.55. The average molecular weight is 336 g/mol. The molecule has 0 heterocycles. The van der Waals surface area contributed by atoms with Gasteiger partial charge < -0.3 is 10.8 Å². The van der Waals surface area contributed by atoms with Crippen molar-refractivity contribution >= 4 is 22.7 Å². The van der Waals surface area contributed by atoms with E-state index >= 15 is 0 Å². The smallest absolute Gasteiger partial charge is 0.283 e. The standard InChI is InChI=1S/C7H9N.C6H3N3O7/c1-6-2-4-7(8)5-3-6;10-6-4(8(13)14)1-3(7(11)12)2-5(6)9(15)16/h2-5H,8H2,1H3;1-2,10H. The molecule has 0 aromatic heterocycles. The summed E-state index contributed by atoms with van der Waals surface area (Å²) in [5, 5.41) is 42.1. The summed E-state index contributed by atoms with van der Waals surface area (Å²) in [6, 6.07) is 8.90. The second kappa shape index (κ2) is 7.60. The van der Waals surface area contributed by atoms with Crippen molar-refractivity contribution in [1.82, 2.24) is 0 Å². The van der Waals surface area contributed by atoms with Gasteiger partial charge in [-0.25, -0.2) is 0 Å². The van der Waals surface area contributed by atoms with Crippen LogP contribution in [0.25, 0.3) is 0 Å². The molecule has 0 saturated heterocycles. The van der Waals surface area contributed by atoms with Gasteiger partial charge in [-0.2, -0.15) is 0 Å². The van der Waals surface area contributed by atoms with Crippen molar-refractivity contribution in [3.63, 3.8) is 0 Å². The number of nitrogens with zero attached hydrogens (tertiary/aromatic N) is 3. The number of rotatable bonds is 3. The van der Waals surface area contributed by atoms with E-state index in [2.05, 4.69) is 24.8 Å². The second-order valence-electron chi connectivity index (χ2n) is 4.57. The van der Waals surface area contributed by atoms with E-state index in [0.29, 0.717) is 12.1 Å². The van der Waals surface area contributed by atoms with Crippen molar-refractivity contribution in [2.45, 2.75) is 6.92 Å². The normalized spacial score (nSPS) is 9.58. The fourth-order valence-corrected chi connectivity index (χ4v) is 1.55. The first-order chi connectivity index (χ1) is 11.1. The van der Waals surface area contributed by atoms with Crippen LogP contribution in [0.15, 0.2) is 36.4 Å². The molecule has 11 nitrogen and oxygen atoms in total. The van der Waals surface area contributed by atoms with Crippen LogP contribution in [0.3, 0.4) is 0 Å². The molecule has 11 heteroatoms. The molecule has 0 amide bonds. The highest BCUT2D eigenvalue weighted by atomic mass is 16.6. The van der Waals surface area contributed by atoms with Crippen molar-refractivity contribution in [3.05, 3.63) is 72.3 Å². The van der Waals surface area contributed by atoms with Crippen molar-refractivity contribution in [1.29, 1.82) is 0 Å². The molecule has 0 aliphatic carbocycles.